The molecule has 3 rings (SSSR count). The molecule has 1 aliphatic rings. The van der Waals surface area contributed by atoms with Gasteiger partial charge in [-0.3, -0.25) is 9.59 Å². The predicted molar refractivity (Wildman–Crippen MR) is 89.7 cm³/mol. The summed E-state index contributed by atoms with van der Waals surface area (Å²) in [7, 11) is 1.71. The number of benzene rings is 2. The normalized spacial score (nSPS) is 20.8. The highest BCUT2D eigenvalue weighted by molar-refractivity contribution is 5.94. The molecule has 1 aliphatic heterocycles. The molecule has 2 atom stereocenters. The molecule has 0 aromatic heterocycles. The first kappa shape index (κ1) is 16.2. The van der Waals surface area contributed by atoms with Crippen molar-refractivity contribution < 1.29 is 14.0 Å². The lowest BCUT2D eigenvalue weighted by Crippen LogP contribution is -2.44. The highest BCUT2D eigenvalue weighted by atomic mass is 19.1. The molecule has 5 heteroatoms. The number of rotatable bonds is 3. The quantitative estimate of drug-likeness (QED) is 0.940. The minimum Gasteiger partial charge on any atom is -0.338 e. The van der Waals surface area contributed by atoms with Crippen molar-refractivity contribution in [2.75, 3.05) is 12.4 Å². The Balaban J connectivity index is 1.88. The maximum atomic E-state index is 13.8. The number of likely N-dealkylation sites (tertiary alicyclic amines) is 1. The lowest BCUT2D eigenvalue weighted by molar-refractivity contribution is -0.140. The number of halogens is 1. The number of nitrogens with zero attached hydrogens (tertiary/aromatic N) is 1. The van der Waals surface area contributed by atoms with Crippen LogP contribution in [0.15, 0.2) is 54.6 Å². The molecule has 0 spiro atoms. The number of piperidine rings is 1. The maximum Gasteiger partial charge on any atom is 0.230 e. The van der Waals surface area contributed by atoms with Gasteiger partial charge in [0.25, 0.3) is 0 Å². The van der Waals surface area contributed by atoms with Crippen molar-refractivity contribution >= 4 is 17.5 Å². The molecule has 2 amide bonds. The molecule has 4 nitrogen and oxygen atoms in total. The van der Waals surface area contributed by atoms with Crippen LogP contribution in [0.25, 0.3) is 0 Å². The molecule has 1 fully saturated rings. The molecule has 1 N–H and O–H groups in total. The topological polar surface area (TPSA) is 49.4 Å². The van der Waals surface area contributed by atoms with E-state index in [2.05, 4.69) is 5.32 Å². The third-order valence-electron chi connectivity index (χ3n) is 4.47. The van der Waals surface area contributed by atoms with E-state index >= 15 is 0 Å². The van der Waals surface area contributed by atoms with Gasteiger partial charge >= 0.3 is 0 Å². The number of anilines is 1. The number of nitrogens with one attached hydrogen (secondary N) is 1. The average molecular weight is 326 g/mol. The van der Waals surface area contributed by atoms with Gasteiger partial charge < -0.3 is 10.2 Å². The molecule has 0 aliphatic carbocycles. The van der Waals surface area contributed by atoms with Crippen LogP contribution in [0.1, 0.15) is 24.4 Å². The summed E-state index contributed by atoms with van der Waals surface area (Å²) in [5, 5.41) is 2.66. The van der Waals surface area contributed by atoms with Crippen molar-refractivity contribution in [2.24, 2.45) is 5.92 Å². The molecule has 2 aromatic carbocycles. The van der Waals surface area contributed by atoms with Gasteiger partial charge in [-0.05, 0) is 24.1 Å². The predicted octanol–water partition coefficient (Wildman–Crippen LogP) is 3.37. The Morgan fingerprint density at radius 2 is 1.79 bits per heavy atom. The first-order chi connectivity index (χ1) is 11.6. The average Bonchev–Trinajstić information content (AvgIpc) is 2.60. The van der Waals surface area contributed by atoms with E-state index < -0.39 is 11.7 Å². The van der Waals surface area contributed by atoms with E-state index in [1.165, 1.54) is 12.1 Å². The number of hydrogen-bond acceptors (Lipinski definition) is 2. The first-order valence-electron chi connectivity index (χ1n) is 7.94. The fraction of sp³-hybridized carbons (Fsp3) is 0.263. The minimum atomic E-state index is -0.470. The lowest BCUT2D eigenvalue weighted by Gasteiger charge is -2.38. The Hall–Kier alpha value is -2.69. The van der Waals surface area contributed by atoms with Crippen LogP contribution in [-0.4, -0.2) is 23.8 Å². The van der Waals surface area contributed by atoms with Gasteiger partial charge in [-0.1, -0.05) is 42.5 Å². The van der Waals surface area contributed by atoms with Crippen LogP contribution in [-0.2, 0) is 9.59 Å². The van der Waals surface area contributed by atoms with Gasteiger partial charge in [0.2, 0.25) is 11.8 Å². The van der Waals surface area contributed by atoms with E-state index in [9.17, 15) is 14.0 Å². The molecule has 0 saturated carbocycles. The lowest BCUT2D eigenvalue weighted by atomic mass is 9.84. The zero-order chi connectivity index (χ0) is 17.1. The highest BCUT2D eigenvalue weighted by Crippen LogP contribution is 2.36. The van der Waals surface area contributed by atoms with E-state index in [-0.39, 0.29) is 23.5 Å². The molecule has 0 bridgehead atoms. The maximum absolute atomic E-state index is 13.8. The molecular weight excluding hydrogens is 307 g/mol. The molecule has 0 unspecified atom stereocenters. The summed E-state index contributed by atoms with van der Waals surface area (Å²) in [4.78, 5) is 26.4. The number of carbonyl (C=O) groups is 2. The summed E-state index contributed by atoms with van der Waals surface area (Å²) >= 11 is 0. The van der Waals surface area contributed by atoms with Gasteiger partial charge in [0, 0.05) is 13.5 Å². The molecule has 124 valence electrons. The van der Waals surface area contributed by atoms with E-state index in [0.717, 1.165) is 5.56 Å². The first-order valence-corrected chi connectivity index (χ1v) is 7.94. The van der Waals surface area contributed by atoms with Crippen LogP contribution >= 0.6 is 0 Å². The second-order valence-electron chi connectivity index (χ2n) is 5.97. The van der Waals surface area contributed by atoms with Crippen molar-refractivity contribution in [3.63, 3.8) is 0 Å². The molecule has 24 heavy (non-hydrogen) atoms. The molecular formula is C19H19FN2O2. The third kappa shape index (κ3) is 3.15. The third-order valence-corrected chi connectivity index (χ3v) is 4.47. The zero-order valence-electron chi connectivity index (χ0n) is 13.4. The fourth-order valence-electron chi connectivity index (χ4n) is 3.21. The standard InChI is InChI=1S/C19H19FN2O2/c1-22-17(23)12-11-14(18(22)13-7-3-2-4-8-13)19(24)21-16-10-6-5-9-15(16)20/h2-10,14,18H,11-12H2,1H3,(H,21,24)/t14-,18+/m1/s1. The largest absolute Gasteiger partial charge is 0.338 e. The Morgan fingerprint density at radius 3 is 2.50 bits per heavy atom. The van der Waals surface area contributed by atoms with Crippen LogP contribution in [0.4, 0.5) is 10.1 Å². The number of carbonyl (C=O) groups excluding carboxylic acids is 2. The molecule has 2 aromatic rings. The van der Waals surface area contributed by atoms with Crippen molar-refractivity contribution in [3.05, 3.63) is 66.0 Å². The second-order valence-corrected chi connectivity index (χ2v) is 5.97. The molecule has 1 heterocycles. The Labute approximate surface area is 140 Å². The van der Waals surface area contributed by atoms with Gasteiger partial charge in [0.05, 0.1) is 17.6 Å². The van der Waals surface area contributed by atoms with Crippen molar-refractivity contribution in [1.29, 1.82) is 0 Å². The van der Waals surface area contributed by atoms with E-state index in [0.29, 0.717) is 12.8 Å². The SMILES string of the molecule is CN1C(=O)CC[C@@H](C(=O)Nc2ccccc2F)[C@@H]1c1ccccc1. The van der Waals surface area contributed by atoms with Crippen LogP contribution in [0.2, 0.25) is 0 Å². The van der Waals surface area contributed by atoms with Gasteiger partial charge in [0.15, 0.2) is 0 Å². The summed E-state index contributed by atoms with van der Waals surface area (Å²) in [6, 6.07) is 15.2. The van der Waals surface area contributed by atoms with Crippen molar-refractivity contribution in [2.45, 2.75) is 18.9 Å². The fourth-order valence-corrected chi connectivity index (χ4v) is 3.21. The van der Waals surface area contributed by atoms with Crippen LogP contribution in [0.5, 0.6) is 0 Å². The van der Waals surface area contributed by atoms with Crippen LogP contribution in [0.3, 0.4) is 0 Å². The summed E-state index contributed by atoms with van der Waals surface area (Å²) < 4.78 is 13.8. The van der Waals surface area contributed by atoms with E-state index in [1.54, 1.807) is 24.1 Å². The monoisotopic (exact) mass is 326 g/mol. The second kappa shape index (κ2) is 6.83. The summed E-state index contributed by atoms with van der Waals surface area (Å²) in [5.41, 5.74) is 1.07. The Morgan fingerprint density at radius 1 is 1.12 bits per heavy atom. The highest BCUT2D eigenvalue weighted by Gasteiger charge is 2.38. The van der Waals surface area contributed by atoms with E-state index in [1.807, 2.05) is 30.3 Å². The smallest absolute Gasteiger partial charge is 0.230 e. The van der Waals surface area contributed by atoms with Gasteiger partial charge in [0.1, 0.15) is 5.82 Å². The van der Waals surface area contributed by atoms with E-state index in [4.69, 9.17) is 0 Å². The Bertz CT molecular complexity index is 748. The number of hydrogen-bond donors (Lipinski definition) is 1. The van der Waals surface area contributed by atoms with Crippen LogP contribution < -0.4 is 5.32 Å². The van der Waals surface area contributed by atoms with Crippen molar-refractivity contribution in [1.82, 2.24) is 4.90 Å². The van der Waals surface area contributed by atoms with Gasteiger partial charge in [-0.25, -0.2) is 4.39 Å². The number of amides is 2. The molecule has 1 saturated heterocycles. The van der Waals surface area contributed by atoms with Crippen molar-refractivity contribution in [3.8, 4) is 0 Å². The summed E-state index contributed by atoms with van der Waals surface area (Å²) in [5.74, 6) is -1.15. The summed E-state index contributed by atoms with van der Waals surface area (Å²) in [6.07, 6.45) is 0.762. The van der Waals surface area contributed by atoms with Gasteiger partial charge in [-0.2, -0.15) is 0 Å². The Kier molecular flexibility index (Phi) is 4.60. The van der Waals surface area contributed by atoms with Gasteiger partial charge in [-0.15, -0.1) is 0 Å². The number of para-hydroxylation sites is 1. The minimum absolute atomic E-state index is 0.0128. The zero-order valence-corrected chi connectivity index (χ0v) is 13.4. The van der Waals surface area contributed by atoms with Crippen LogP contribution in [0, 0.1) is 11.7 Å². The summed E-state index contributed by atoms with van der Waals surface area (Å²) in [6.45, 7) is 0. The molecule has 0 radical (unpaired) electrons.